The fourth-order valence-electron chi connectivity index (χ4n) is 1.91. The quantitative estimate of drug-likeness (QED) is 0.632. The molecule has 0 radical (unpaired) electrons. The summed E-state index contributed by atoms with van der Waals surface area (Å²) >= 11 is 0. The Hall–Kier alpha value is -0.0800. The third-order valence-corrected chi connectivity index (χ3v) is 3.42. The van der Waals surface area contributed by atoms with Crippen molar-refractivity contribution in [1.29, 1.82) is 0 Å². The fourth-order valence-corrected chi connectivity index (χ4v) is 1.91. The van der Waals surface area contributed by atoms with Gasteiger partial charge in [-0.05, 0) is 51.2 Å². The molecule has 0 saturated heterocycles. The van der Waals surface area contributed by atoms with Crippen LogP contribution < -0.4 is 5.32 Å². The molecule has 0 aliphatic heterocycles. The molecule has 0 aromatic carbocycles. The highest BCUT2D eigenvalue weighted by atomic mass is 15.1. The maximum Gasteiger partial charge on any atom is 0.0189 e. The third kappa shape index (κ3) is 9.61. The van der Waals surface area contributed by atoms with Gasteiger partial charge in [0.1, 0.15) is 0 Å². The molecule has 0 fully saturated rings. The third-order valence-electron chi connectivity index (χ3n) is 3.42. The highest BCUT2D eigenvalue weighted by Crippen LogP contribution is 2.08. The van der Waals surface area contributed by atoms with Crippen molar-refractivity contribution >= 4 is 0 Å². The van der Waals surface area contributed by atoms with Gasteiger partial charge in [0.05, 0.1) is 0 Å². The Balaban J connectivity index is 4.08. The van der Waals surface area contributed by atoms with Crippen molar-refractivity contribution in [3.8, 4) is 0 Å². The summed E-state index contributed by atoms with van der Waals surface area (Å²) in [4.78, 5) is 2.64. The number of hydrogen-bond acceptors (Lipinski definition) is 2. The lowest BCUT2D eigenvalue weighted by Gasteiger charge is -2.28. The van der Waals surface area contributed by atoms with E-state index >= 15 is 0 Å². The van der Waals surface area contributed by atoms with Gasteiger partial charge in [0.25, 0.3) is 0 Å². The van der Waals surface area contributed by atoms with Gasteiger partial charge in [-0.15, -0.1) is 0 Å². The minimum Gasteiger partial charge on any atom is -0.316 e. The molecule has 0 aromatic rings. The number of nitrogens with one attached hydrogen (secondary N) is 1. The molecular formula is C15H34N2. The number of likely N-dealkylation sites (N-methyl/N-ethyl adjacent to an activating group) is 1. The lowest BCUT2D eigenvalue weighted by atomic mass is 10.1. The molecular weight excluding hydrogens is 208 g/mol. The molecule has 0 aromatic heterocycles. The Labute approximate surface area is 109 Å². The van der Waals surface area contributed by atoms with Crippen LogP contribution in [0.2, 0.25) is 0 Å². The van der Waals surface area contributed by atoms with Crippen molar-refractivity contribution in [3.05, 3.63) is 0 Å². The molecule has 0 spiro atoms. The maximum atomic E-state index is 3.42. The van der Waals surface area contributed by atoms with Crippen LogP contribution in [0.25, 0.3) is 0 Å². The highest BCUT2D eigenvalue weighted by Gasteiger charge is 2.12. The van der Waals surface area contributed by atoms with Crippen LogP contribution in [-0.2, 0) is 0 Å². The van der Waals surface area contributed by atoms with Crippen molar-refractivity contribution in [1.82, 2.24) is 10.2 Å². The minimum absolute atomic E-state index is 0.648. The van der Waals surface area contributed by atoms with Crippen molar-refractivity contribution in [2.45, 2.75) is 59.9 Å². The molecule has 0 amide bonds. The van der Waals surface area contributed by atoms with Crippen LogP contribution in [0.15, 0.2) is 0 Å². The molecule has 1 atom stereocenters. The first-order chi connectivity index (χ1) is 7.99. The summed E-state index contributed by atoms with van der Waals surface area (Å²) < 4.78 is 0. The summed E-state index contributed by atoms with van der Waals surface area (Å²) in [5.74, 6) is 1.62. The van der Waals surface area contributed by atoms with E-state index in [2.05, 4.69) is 51.9 Å². The second-order valence-corrected chi connectivity index (χ2v) is 6.06. The molecule has 1 unspecified atom stereocenters. The van der Waals surface area contributed by atoms with E-state index in [-0.39, 0.29) is 0 Å². The topological polar surface area (TPSA) is 15.3 Å². The monoisotopic (exact) mass is 242 g/mol. The summed E-state index contributed by atoms with van der Waals surface area (Å²) in [6.45, 7) is 15.2. The number of rotatable bonds is 10. The molecule has 2 nitrogen and oxygen atoms in total. The Kier molecular flexibility index (Phi) is 9.85. The second kappa shape index (κ2) is 9.90. The first-order valence-electron chi connectivity index (χ1n) is 7.39. The van der Waals surface area contributed by atoms with E-state index in [1.165, 1.54) is 38.9 Å². The summed E-state index contributed by atoms with van der Waals surface area (Å²) in [7, 11) is 2.08. The largest absolute Gasteiger partial charge is 0.316 e. The molecule has 0 bridgehead atoms. The van der Waals surface area contributed by atoms with Gasteiger partial charge in [0.15, 0.2) is 0 Å². The van der Waals surface area contributed by atoms with Crippen LogP contribution >= 0.6 is 0 Å². The van der Waals surface area contributed by atoms with E-state index in [1.54, 1.807) is 0 Å². The lowest BCUT2D eigenvalue weighted by molar-refractivity contribution is 0.219. The molecule has 0 saturated carbocycles. The Morgan fingerprint density at radius 1 is 0.941 bits per heavy atom. The van der Waals surface area contributed by atoms with Gasteiger partial charge in [0.2, 0.25) is 0 Å². The zero-order valence-electron chi connectivity index (χ0n) is 12.9. The van der Waals surface area contributed by atoms with Crippen LogP contribution in [0.1, 0.15) is 53.9 Å². The van der Waals surface area contributed by atoms with Gasteiger partial charge in [-0.2, -0.15) is 0 Å². The zero-order valence-corrected chi connectivity index (χ0v) is 12.9. The summed E-state index contributed by atoms with van der Waals surface area (Å²) in [5, 5.41) is 3.42. The Bertz CT molecular complexity index is 150. The van der Waals surface area contributed by atoms with E-state index in [1.807, 2.05) is 0 Å². The van der Waals surface area contributed by atoms with Crippen molar-refractivity contribution in [3.63, 3.8) is 0 Å². The van der Waals surface area contributed by atoms with E-state index in [0.717, 1.165) is 11.8 Å². The molecule has 0 rings (SSSR count). The molecule has 0 aliphatic rings. The maximum absolute atomic E-state index is 3.42. The molecule has 1 N–H and O–H groups in total. The van der Waals surface area contributed by atoms with Crippen molar-refractivity contribution in [2.75, 3.05) is 26.7 Å². The Morgan fingerprint density at radius 2 is 1.41 bits per heavy atom. The van der Waals surface area contributed by atoms with E-state index in [9.17, 15) is 0 Å². The minimum atomic E-state index is 0.648. The van der Waals surface area contributed by atoms with Gasteiger partial charge in [-0.1, -0.05) is 34.6 Å². The van der Waals surface area contributed by atoms with Crippen molar-refractivity contribution < 1.29 is 0 Å². The molecule has 104 valence electrons. The van der Waals surface area contributed by atoms with Crippen LogP contribution in [0.3, 0.4) is 0 Å². The predicted octanol–water partition coefficient (Wildman–Crippen LogP) is 3.38. The van der Waals surface area contributed by atoms with Crippen LogP contribution in [0.5, 0.6) is 0 Å². The Morgan fingerprint density at radius 3 is 1.71 bits per heavy atom. The molecule has 17 heavy (non-hydrogen) atoms. The fraction of sp³-hybridized carbons (Fsp3) is 1.00. The molecule has 0 aliphatic carbocycles. The molecule has 2 heteroatoms. The first-order valence-corrected chi connectivity index (χ1v) is 7.39. The normalized spacial score (nSPS) is 13.9. The standard InChI is InChI=1S/C15H34N2/c1-7-15(16-6)12-17(10-8-13(2)3)11-9-14(4)5/h13-16H,7-12H2,1-6H3. The number of nitrogens with zero attached hydrogens (tertiary/aromatic N) is 1. The van der Waals surface area contributed by atoms with Gasteiger partial charge in [-0.25, -0.2) is 0 Å². The van der Waals surface area contributed by atoms with Gasteiger partial charge < -0.3 is 10.2 Å². The summed E-state index contributed by atoms with van der Waals surface area (Å²) in [5.41, 5.74) is 0. The second-order valence-electron chi connectivity index (χ2n) is 6.06. The SMILES string of the molecule is CCC(CN(CCC(C)C)CCC(C)C)NC. The first kappa shape index (κ1) is 16.9. The van der Waals surface area contributed by atoms with E-state index in [0.29, 0.717) is 6.04 Å². The van der Waals surface area contributed by atoms with Crippen LogP contribution in [0.4, 0.5) is 0 Å². The summed E-state index contributed by atoms with van der Waals surface area (Å²) in [6.07, 6.45) is 3.85. The highest BCUT2D eigenvalue weighted by molar-refractivity contribution is 4.70. The molecule has 0 heterocycles. The van der Waals surface area contributed by atoms with E-state index < -0.39 is 0 Å². The number of hydrogen-bond donors (Lipinski definition) is 1. The van der Waals surface area contributed by atoms with Gasteiger partial charge in [-0.3, -0.25) is 0 Å². The average molecular weight is 242 g/mol. The van der Waals surface area contributed by atoms with Crippen molar-refractivity contribution in [2.24, 2.45) is 11.8 Å². The van der Waals surface area contributed by atoms with Gasteiger partial charge in [0, 0.05) is 12.6 Å². The average Bonchev–Trinajstić information content (AvgIpc) is 2.27. The smallest absolute Gasteiger partial charge is 0.0189 e. The van der Waals surface area contributed by atoms with Crippen LogP contribution in [-0.4, -0.2) is 37.6 Å². The lowest BCUT2D eigenvalue weighted by Crippen LogP contribution is -2.40. The summed E-state index contributed by atoms with van der Waals surface area (Å²) in [6, 6.07) is 0.648. The van der Waals surface area contributed by atoms with Gasteiger partial charge >= 0.3 is 0 Å². The van der Waals surface area contributed by atoms with E-state index in [4.69, 9.17) is 0 Å². The zero-order chi connectivity index (χ0) is 13.3. The predicted molar refractivity (Wildman–Crippen MR) is 78.5 cm³/mol. The van der Waals surface area contributed by atoms with Crippen LogP contribution in [0, 0.1) is 11.8 Å².